The lowest BCUT2D eigenvalue weighted by atomic mass is 10.2. The van der Waals surface area contributed by atoms with Crippen molar-refractivity contribution in [3.63, 3.8) is 0 Å². The second kappa shape index (κ2) is 8.22. The van der Waals surface area contributed by atoms with Crippen LogP contribution in [0.1, 0.15) is 26.4 Å². The van der Waals surface area contributed by atoms with Gasteiger partial charge >= 0.3 is 0 Å². The Morgan fingerprint density at radius 2 is 1.77 bits per heavy atom. The Labute approximate surface area is 155 Å². The maximum atomic E-state index is 12.4. The molecule has 2 heterocycles. The van der Waals surface area contributed by atoms with Crippen molar-refractivity contribution >= 4 is 29.1 Å². The van der Waals surface area contributed by atoms with Crippen LogP contribution >= 0.6 is 11.6 Å². The molecule has 0 aliphatic carbocycles. The lowest BCUT2D eigenvalue weighted by Crippen LogP contribution is -2.24. The van der Waals surface area contributed by atoms with E-state index in [0.29, 0.717) is 22.8 Å². The van der Waals surface area contributed by atoms with Gasteiger partial charge in [-0.25, -0.2) is 0 Å². The third-order valence-corrected chi connectivity index (χ3v) is 3.77. The number of pyridine rings is 2. The number of nitrogens with one attached hydrogen (secondary N) is 2. The average molecular weight is 367 g/mol. The molecule has 0 bridgehead atoms. The lowest BCUT2D eigenvalue weighted by Gasteiger charge is -2.08. The van der Waals surface area contributed by atoms with E-state index < -0.39 is 0 Å². The molecular weight excluding hydrogens is 352 g/mol. The van der Waals surface area contributed by atoms with Gasteiger partial charge in [0.25, 0.3) is 11.8 Å². The van der Waals surface area contributed by atoms with E-state index in [0.717, 1.165) is 5.56 Å². The molecule has 0 spiro atoms. The van der Waals surface area contributed by atoms with E-state index >= 15 is 0 Å². The Morgan fingerprint density at radius 1 is 0.962 bits per heavy atom. The van der Waals surface area contributed by atoms with Gasteiger partial charge in [-0.05, 0) is 48.0 Å². The van der Waals surface area contributed by atoms with E-state index in [1.165, 1.54) is 12.3 Å². The van der Waals surface area contributed by atoms with Crippen molar-refractivity contribution in [2.75, 3.05) is 5.32 Å². The molecule has 0 radical (unpaired) electrons. The summed E-state index contributed by atoms with van der Waals surface area (Å²) in [6, 6.07) is 13.4. The smallest absolute Gasteiger partial charge is 0.270 e. The van der Waals surface area contributed by atoms with E-state index in [9.17, 15) is 9.59 Å². The zero-order valence-corrected chi connectivity index (χ0v) is 14.4. The summed E-state index contributed by atoms with van der Waals surface area (Å²) in [5, 5.41) is 6.02. The van der Waals surface area contributed by atoms with Gasteiger partial charge in [-0.15, -0.1) is 0 Å². The predicted molar refractivity (Wildman–Crippen MR) is 99.0 cm³/mol. The van der Waals surface area contributed by atoms with Crippen molar-refractivity contribution in [1.29, 1.82) is 0 Å². The number of carbonyl (C=O) groups excluding carboxylic acids is 2. The molecule has 2 aromatic heterocycles. The van der Waals surface area contributed by atoms with Gasteiger partial charge in [0.05, 0.1) is 0 Å². The number of aromatic nitrogens is 2. The molecule has 3 aromatic rings. The lowest BCUT2D eigenvalue weighted by molar-refractivity contribution is 0.0946. The molecular formula is C19H15ClN4O2. The molecule has 0 saturated carbocycles. The van der Waals surface area contributed by atoms with Crippen molar-refractivity contribution in [3.05, 3.63) is 89.0 Å². The Bertz CT molecular complexity index is 932. The average Bonchev–Trinajstić information content (AvgIpc) is 2.67. The molecule has 26 heavy (non-hydrogen) atoms. The zero-order chi connectivity index (χ0) is 18.4. The summed E-state index contributed by atoms with van der Waals surface area (Å²) >= 11 is 5.91. The Balaban J connectivity index is 1.67. The predicted octanol–water partition coefficient (Wildman–Crippen LogP) is 3.31. The van der Waals surface area contributed by atoms with Crippen LogP contribution < -0.4 is 10.6 Å². The number of halogens is 1. The molecule has 7 heteroatoms. The topological polar surface area (TPSA) is 84.0 Å². The van der Waals surface area contributed by atoms with Crippen LogP contribution in [0, 0.1) is 0 Å². The van der Waals surface area contributed by atoms with Crippen molar-refractivity contribution in [2.45, 2.75) is 6.54 Å². The van der Waals surface area contributed by atoms with Gasteiger partial charge < -0.3 is 10.6 Å². The fraction of sp³-hybridized carbons (Fsp3) is 0.0526. The van der Waals surface area contributed by atoms with Gasteiger partial charge in [0, 0.05) is 41.4 Å². The highest BCUT2D eigenvalue weighted by molar-refractivity contribution is 6.31. The molecule has 0 unspecified atom stereocenters. The van der Waals surface area contributed by atoms with Crippen LogP contribution in [0.25, 0.3) is 0 Å². The molecule has 0 fully saturated rings. The molecule has 6 nitrogen and oxygen atoms in total. The number of benzene rings is 1. The van der Waals surface area contributed by atoms with Crippen molar-refractivity contribution in [2.24, 2.45) is 0 Å². The van der Waals surface area contributed by atoms with Crippen LogP contribution in [0.4, 0.5) is 5.69 Å². The van der Waals surface area contributed by atoms with Gasteiger partial charge in [0.2, 0.25) is 0 Å². The first-order chi connectivity index (χ1) is 12.6. The maximum absolute atomic E-state index is 12.4. The molecule has 0 aliphatic heterocycles. The van der Waals surface area contributed by atoms with E-state index in [1.807, 2.05) is 12.1 Å². The Kier molecular flexibility index (Phi) is 5.56. The minimum Gasteiger partial charge on any atom is -0.347 e. The van der Waals surface area contributed by atoms with E-state index in [4.69, 9.17) is 11.6 Å². The molecule has 2 amide bonds. The molecule has 0 aliphatic rings. The number of carbonyl (C=O) groups is 2. The number of hydrogen-bond donors (Lipinski definition) is 2. The van der Waals surface area contributed by atoms with Crippen LogP contribution in [-0.2, 0) is 6.54 Å². The number of hydrogen-bond acceptors (Lipinski definition) is 4. The summed E-state index contributed by atoms with van der Waals surface area (Å²) in [6.45, 7) is 0.349. The minimum atomic E-state index is -0.362. The summed E-state index contributed by atoms with van der Waals surface area (Å²) in [6.07, 6.45) is 4.73. The molecule has 1 aromatic carbocycles. The number of nitrogens with zero attached hydrogens (tertiary/aromatic N) is 2. The van der Waals surface area contributed by atoms with E-state index in [1.54, 1.807) is 42.7 Å². The minimum absolute atomic E-state index is 0.165. The van der Waals surface area contributed by atoms with Crippen LogP contribution in [0.15, 0.2) is 67.1 Å². The normalized spacial score (nSPS) is 10.2. The van der Waals surface area contributed by atoms with E-state index in [2.05, 4.69) is 20.6 Å². The third-order valence-electron chi connectivity index (χ3n) is 3.54. The standard InChI is InChI=1S/C19H15ClN4O2/c20-15-2-1-3-16(11-15)24-18(25)14-6-9-22-17(10-14)19(26)23-12-13-4-7-21-8-5-13/h1-11H,12H2,(H,23,26)(H,24,25). The molecule has 0 atom stereocenters. The highest BCUT2D eigenvalue weighted by Gasteiger charge is 2.12. The van der Waals surface area contributed by atoms with Crippen molar-refractivity contribution < 1.29 is 9.59 Å². The Hall–Kier alpha value is -3.25. The van der Waals surface area contributed by atoms with E-state index in [-0.39, 0.29) is 17.5 Å². The van der Waals surface area contributed by atoms with Crippen LogP contribution in [0.3, 0.4) is 0 Å². The van der Waals surface area contributed by atoms with Crippen LogP contribution in [-0.4, -0.2) is 21.8 Å². The summed E-state index contributed by atoms with van der Waals surface area (Å²) < 4.78 is 0. The summed E-state index contributed by atoms with van der Waals surface area (Å²) in [7, 11) is 0. The SMILES string of the molecule is O=C(Nc1cccc(Cl)c1)c1ccnc(C(=O)NCc2ccncc2)c1. The van der Waals surface area contributed by atoms with Crippen LogP contribution in [0.5, 0.6) is 0 Å². The molecule has 2 N–H and O–H groups in total. The first kappa shape index (κ1) is 17.6. The second-order valence-electron chi connectivity index (χ2n) is 5.43. The van der Waals surface area contributed by atoms with Gasteiger partial charge in [0.1, 0.15) is 5.69 Å². The monoisotopic (exact) mass is 366 g/mol. The number of anilines is 1. The molecule has 3 rings (SSSR count). The largest absolute Gasteiger partial charge is 0.347 e. The van der Waals surface area contributed by atoms with Gasteiger partial charge in [-0.1, -0.05) is 17.7 Å². The van der Waals surface area contributed by atoms with Crippen molar-refractivity contribution in [3.8, 4) is 0 Å². The zero-order valence-electron chi connectivity index (χ0n) is 13.6. The maximum Gasteiger partial charge on any atom is 0.270 e. The molecule has 0 saturated heterocycles. The molecule has 130 valence electrons. The van der Waals surface area contributed by atoms with Crippen LogP contribution in [0.2, 0.25) is 5.02 Å². The number of amides is 2. The van der Waals surface area contributed by atoms with Gasteiger partial charge in [-0.2, -0.15) is 0 Å². The summed E-state index contributed by atoms with van der Waals surface area (Å²) in [5.41, 5.74) is 1.98. The number of rotatable bonds is 5. The Morgan fingerprint density at radius 3 is 2.54 bits per heavy atom. The first-order valence-corrected chi connectivity index (χ1v) is 8.20. The first-order valence-electron chi connectivity index (χ1n) is 7.82. The quantitative estimate of drug-likeness (QED) is 0.725. The summed E-state index contributed by atoms with van der Waals surface area (Å²) in [4.78, 5) is 32.6. The van der Waals surface area contributed by atoms with Crippen molar-refractivity contribution in [1.82, 2.24) is 15.3 Å². The summed E-state index contributed by atoms with van der Waals surface area (Å²) in [5.74, 6) is -0.711. The highest BCUT2D eigenvalue weighted by Crippen LogP contribution is 2.16. The fourth-order valence-electron chi connectivity index (χ4n) is 2.24. The third kappa shape index (κ3) is 4.64. The van der Waals surface area contributed by atoms with Gasteiger partial charge in [0.15, 0.2) is 0 Å². The fourth-order valence-corrected chi connectivity index (χ4v) is 2.43. The highest BCUT2D eigenvalue weighted by atomic mass is 35.5. The van der Waals surface area contributed by atoms with Gasteiger partial charge in [-0.3, -0.25) is 19.6 Å². The second-order valence-corrected chi connectivity index (χ2v) is 5.87.